The minimum atomic E-state index is -1.21. The fraction of sp³-hybridized carbons (Fsp3) is 0.667. The van der Waals surface area contributed by atoms with Gasteiger partial charge in [-0.25, -0.2) is 4.99 Å². The fourth-order valence-electron chi connectivity index (χ4n) is 2.60. The SMILES string of the molecule is CCCC(C)C1(CC)C(=O)N=C([O-])NC1=O.NC(=O)CC(N)C(=O)O.[Na+]. The summed E-state index contributed by atoms with van der Waals surface area (Å²) in [6.07, 6.45) is 1.71. The van der Waals surface area contributed by atoms with Gasteiger partial charge in [-0.2, -0.15) is 0 Å². The Hall–Kier alpha value is -1.49. The smallest absolute Gasteiger partial charge is 0.846 e. The molecule has 26 heavy (non-hydrogen) atoms. The fourth-order valence-corrected chi connectivity index (χ4v) is 2.60. The van der Waals surface area contributed by atoms with Crippen molar-refractivity contribution in [1.82, 2.24) is 5.32 Å². The molecule has 1 rings (SSSR count). The number of carbonyl (C=O) groups excluding carboxylic acids is 3. The van der Waals surface area contributed by atoms with Gasteiger partial charge in [0.05, 0.1) is 12.4 Å². The molecule has 0 aliphatic carbocycles. The first kappa shape index (κ1) is 26.7. The van der Waals surface area contributed by atoms with Crippen molar-refractivity contribution in [2.75, 3.05) is 0 Å². The molecule has 0 aromatic carbocycles. The van der Waals surface area contributed by atoms with Crippen molar-refractivity contribution in [3.8, 4) is 0 Å². The molecule has 6 N–H and O–H groups in total. The monoisotopic (exact) mass is 380 g/mol. The van der Waals surface area contributed by atoms with Crippen LogP contribution in [0.4, 0.5) is 0 Å². The number of rotatable bonds is 7. The number of carboxylic acids is 1. The van der Waals surface area contributed by atoms with Gasteiger partial charge in [-0.1, -0.05) is 27.2 Å². The van der Waals surface area contributed by atoms with Crippen LogP contribution in [0.3, 0.4) is 0 Å². The molecule has 1 aliphatic rings. The topological polar surface area (TPSA) is 188 Å². The van der Waals surface area contributed by atoms with Crippen LogP contribution in [0.2, 0.25) is 0 Å². The van der Waals surface area contributed by atoms with E-state index in [1.165, 1.54) is 0 Å². The van der Waals surface area contributed by atoms with Crippen LogP contribution in [-0.4, -0.2) is 40.9 Å². The van der Waals surface area contributed by atoms with E-state index < -0.39 is 41.2 Å². The third-order valence-corrected chi connectivity index (χ3v) is 4.07. The van der Waals surface area contributed by atoms with E-state index in [1.54, 1.807) is 6.92 Å². The second kappa shape index (κ2) is 12.0. The molecule has 3 unspecified atom stereocenters. The number of nitrogens with zero attached hydrogens (tertiary/aromatic N) is 1. The molecule has 0 radical (unpaired) electrons. The zero-order valence-electron chi connectivity index (χ0n) is 15.6. The molecule has 3 amide bonds. The summed E-state index contributed by atoms with van der Waals surface area (Å²) in [5, 5.41) is 21.2. The number of aliphatic carboxylic acids is 1. The van der Waals surface area contributed by atoms with Gasteiger partial charge >= 0.3 is 35.5 Å². The number of nitrogens with one attached hydrogen (secondary N) is 1. The Morgan fingerprint density at radius 3 is 2.19 bits per heavy atom. The van der Waals surface area contributed by atoms with Crippen molar-refractivity contribution >= 4 is 29.7 Å². The van der Waals surface area contributed by atoms with E-state index in [2.05, 4.69) is 16.0 Å². The van der Waals surface area contributed by atoms with E-state index in [1.807, 2.05) is 13.8 Å². The first-order chi connectivity index (χ1) is 11.5. The van der Waals surface area contributed by atoms with Gasteiger partial charge in [0, 0.05) is 0 Å². The molecule has 0 saturated carbocycles. The van der Waals surface area contributed by atoms with E-state index in [4.69, 9.17) is 10.8 Å². The van der Waals surface area contributed by atoms with Gasteiger partial charge in [-0.15, -0.1) is 0 Å². The minimum Gasteiger partial charge on any atom is -0.846 e. The molecule has 0 bridgehead atoms. The number of carbonyl (C=O) groups is 4. The largest absolute Gasteiger partial charge is 1.00 e. The van der Waals surface area contributed by atoms with Crippen LogP contribution in [0, 0.1) is 11.3 Å². The third-order valence-electron chi connectivity index (χ3n) is 4.07. The van der Waals surface area contributed by atoms with Crippen molar-refractivity contribution in [3.63, 3.8) is 0 Å². The molecule has 1 heterocycles. The molecule has 10 nitrogen and oxygen atoms in total. The van der Waals surface area contributed by atoms with Crippen molar-refractivity contribution < 1.29 is 58.9 Å². The molecular formula is C15H25N4NaO6. The molecular weight excluding hydrogens is 355 g/mol. The molecule has 0 saturated heterocycles. The number of carboxylic acid groups (broad SMARTS) is 1. The van der Waals surface area contributed by atoms with Crippen LogP contribution >= 0.6 is 0 Å². The maximum absolute atomic E-state index is 11.9. The third kappa shape index (κ3) is 7.02. The summed E-state index contributed by atoms with van der Waals surface area (Å²) in [6, 6.07) is -2.01. The molecule has 142 valence electrons. The Balaban J connectivity index is 0. The standard InChI is InChI=1S/C11H18N2O3.C4H8N2O3.Na/c1-4-6-7(3)11(5-2)8(14)12-10(16)13-9(11)15;5-2(4(8)9)1-3(6)7;/h7H,4-6H2,1-3H3,(H2,12,13,14,15,16);2H,1,5H2,(H2,6,7)(H,8,9);/q;;+1/p-1. The van der Waals surface area contributed by atoms with Crippen LogP contribution in [0.25, 0.3) is 0 Å². The van der Waals surface area contributed by atoms with E-state index in [9.17, 15) is 24.3 Å². The number of hydrogen-bond donors (Lipinski definition) is 4. The number of amidine groups is 1. The second-order valence-corrected chi connectivity index (χ2v) is 5.81. The molecule has 0 fully saturated rings. The first-order valence-corrected chi connectivity index (χ1v) is 7.91. The van der Waals surface area contributed by atoms with Gasteiger partial charge in [0.15, 0.2) is 0 Å². The summed E-state index contributed by atoms with van der Waals surface area (Å²) in [5.74, 6) is -3.11. The summed E-state index contributed by atoms with van der Waals surface area (Å²) >= 11 is 0. The normalized spacial score (nSPS) is 21.2. The van der Waals surface area contributed by atoms with E-state index in [0.29, 0.717) is 6.42 Å². The zero-order valence-corrected chi connectivity index (χ0v) is 17.6. The minimum absolute atomic E-state index is 0. The molecule has 0 spiro atoms. The van der Waals surface area contributed by atoms with E-state index >= 15 is 0 Å². The van der Waals surface area contributed by atoms with Gasteiger partial charge in [-0.3, -0.25) is 19.2 Å². The Kier molecular flexibility index (Phi) is 12.3. The van der Waals surface area contributed by atoms with Gasteiger partial charge < -0.3 is 27.0 Å². The first-order valence-electron chi connectivity index (χ1n) is 7.91. The Morgan fingerprint density at radius 2 is 1.88 bits per heavy atom. The summed E-state index contributed by atoms with van der Waals surface area (Å²) in [4.78, 5) is 47.0. The number of amides is 3. The quantitative estimate of drug-likeness (QED) is 0.253. The van der Waals surface area contributed by atoms with Gasteiger partial charge in [-0.05, 0) is 18.8 Å². The van der Waals surface area contributed by atoms with E-state index in [-0.39, 0.29) is 41.9 Å². The predicted molar refractivity (Wildman–Crippen MR) is 86.8 cm³/mol. The summed E-state index contributed by atoms with van der Waals surface area (Å²) in [5.41, 5.74) is 8.42. The van der Waals surface area contributed by atoms with Crippen LogP contribution in [0.1, 0.15) is 46.5 Å². The second-order valence-electron chi connectivity index (χ2n) is 5.81. The Morgan fingerprint density at radius 1 is 1.35 bits per heavy atom. The number of primary amides is 1. The average molecular weight is 380 g/mol. The van der Waals surface area contributed by atoms with Gasteiger partial charge in [0.2, 0.25) is 11.8 Å². The van der Waals surface area contributed by atoms with E-state index in [0.717, 1.165) is 12.8 Å². The average Bonchev–Trinajstić information content (AvgIpc) is 2.47. The number of hydrogen-bond acceptors (Lipinski definition) is 6. The molecule has 11 heteroatoms. The zero-order chi connectivity index (χ0) is 19.8. The van der Waals surface area contributed by atoms with Gasteiger partial charge in [0.1, 0.15) is 11.5 Å². The number of nitrogens with two attached hydrogens (primary N) is 2. The predicted octanol–water partition coefficient (Wildman–Crippen LogP) is -4.53. The van der Waals surface area contributed by atoms with Crippen LogP contribution in [-0.2, 0) is 19.2 Å². The van der Waals surface area contributed by atoms with Crippen LogP contribution < -0.4 is 51.4 Å². The maximum Gasteiger partial charge on any atom is 1.00 e. The molecule has 0 aromatic rings. The summed E-state index contributed by atoms with van der Waals surface area (Å²) in [7, 11) is 0. The van der Waals surface area contributed by atoms with Crippen molar-refractivity contribution in [2.45, 2.75) is 52.5 Å². The summed E-state index contributed by atoms with van der Waals surface area (Å²) < 4.78 is 0. The van der Waals surface area contributed by atoms with Crippen molar-refractivity contribution in [3.05, 3.63) is 0 Å². The van der Waals surface area contributed by atoms with Crippen molar-refractivity contribution in [1.29, 1.82) is 0 Å². The summed E-state index contributed by atoms with van der Waals surface area (Å²) in [6.45, 7) is 5.62. The van der Waals surface area contributed by atoms with Crippen molar-refractivity contribution in [2.24, 2.45) is 27.8 Å². The molecule has 0 aromatic heterocycles. The Bertz CT molecular complexity index is 568. The molecule has 3 atom stereocenters. The molecule has 1 aliphatic heterocycles. The van der Waals surface area contributed by atoms with Crippen LogP contribution in [0.5, 0.6) is 0 Å². The van der Waals surface area contributed by atoms with Gasteiger partial charge in [0.25, 0.3) is 5.91 Å². The Labute approximate surface area is 174 Å². The van der Waals surface area contributed by atoms with Crippen LogP contribution in [0.15, 0.2) is 4.99 Å². The number of aliphatic imine (C=N–C) groups is 1. The maximum atomic E-state index is 11.9.